The number of carbonyl (C=O) groups excluding carboxylic acids is 1. The summed E-state index contributed by atoms with van der Waals surface area (Å²) in [5.41, 5.74) is 3.25. The number of thioether (sulfide) groups is 1. The van der Waals surface area contributed by atoms with Crippen LogP contribution in [0.3, 0.4) is 0 Å². The van der Waals surface area contributed by atoms with Crippen molar-refractivity contribution in [2.24, 2.45) is 0 Å². The van der Waals surface area contributed by atoms with Crippen molar-refractivity contribution < 1.29 is 9.53 Å². The number of methoxy groups -OCH3 is 1. The van der Waals surface area contributed by atoms with Crippen LogP contribution in [-0.2, 0) is 5.75 Å². The van der Waals surface area contributed by atoms with Crippen LogP contribution in [0.5, 0.6) is 5.75 Å². The van der Waals surface area contributed by atoms with Crippen molar-refractivity contribution in [3.05, 3.63) is 65.2 Å². The largest absolute Gasteiger partial charge is 0.497 e. The maximum absolute atomic E-state index is 12.0. The van der Waals surface area contributed by atoms with Crippen molar-refractivity contribution >= 4 is 17.5 Å². The number of benzene rings is 2. The lowest BCUT2D eigenvalue weighted by atomic mass is 10.1. The lowest BCUT2D eigenvalue weighted by molar-refractivity contribution is 0.102. The van der Waals surface area contributed by atoms with Crippen molar-refractivity contribution in [3.63, 3.8) is 0 Å². The van der Waals surface area contributed by atoms with Crippen LogP contribution in [0.2, 0.25) is 0 Å². The number of hydrogen-bond donors (Lipinski definition) is 0. The van der Waals surface area contributed by atoms with E-state index in [2.05, 4.69) is 31.2 Å². The van der Waals surface area contributed by atoms with Gasteiger partial charge in [0.2, 0.25) is 0 Å². The molecule has 2 nitrogen and oxygen atoms in total. The number of carbonyl (C=O) groups is 1. The Labute approximate surface area is 124 Å². The third-order valence-corrected chi connectivity index (χ3v) is 4.04. The average molecular weight is 286 g/mol. The second kappa shape index (κ2) is 7.15. The predicted octanol–water partition coefficient (Wildman–Crippen LogP) is 4.12. The predicted molar refractivity (Wildman–Crippen MR) is 84.7 cm³/mol. The number of ketones is 1. The van der Waals surface area contributed by atoms with E-state index in [1.54, 1.807) is 18.9 Å². The molecule has 2 rings (SSSR count). The molecule has 0 saturated carbocycles. The SMILES string of the molecule is COc1ccc(C(=O)CSCc2ccc(C)cc2)cc1. The van der Waals surface area contributed by atoms with Gasteiger partial charge in [0, 0.05) is 11.3 Å². The molecule has 20 heavy (non-hydrogen) atoms. The molecule has 0 spiro atoms. The Bertz CT molecular complexity index is 559. The van der Waals surface area contributed by atoms with Gasteiger partial charge in [0.05, 0.1) is 12.9 Å². The maximum atomic E-state index is 12.0. The van der Waals surface area contributed by atoms with Gasteiger partial charge in [-0.05, 0) is 36.8 Å². The van der Waals surface area contributed by atoms with E-state index in [0.29, 0.717) is 5.75 Å². The molecular weight excluding hydrogens is 268 g/mol. The topological polar surface area (TPSA) is 26.3 Å². The molecule has 104 valence electrons. The summed E-state index contributed by atoms with van der Waals surface area (Å²) in [7, 11) is 1.62. The van der Waals surface area contributed by atoms with Gasteiger partial charge < -0.3 is 4.74 Å². The number of hydrogen-bond acceptors (Lipinski definition) is 3. The second-order valence-electron chi connectivity index (χ2n) is 4.63. The molecule has 0 fully saturated rings. The van der Waals surface area contributed by atoms with E-state index in [-0.39, 0.29) is 5.78 Å². The van der Waals surface area contributed by atoms with Crippen molar-refractivity contribution in [1.82, 2.24) is 0 Å². The Balaban J connectivity index is 1.83. The average Bonchev–Trinajstić information content (AvgIpc) is 2.49. The first-order valence-corrected chi connectivity index (χ1v) is 7.65. The first kappa shape index (κ1) is 14.7. The van der Waals surface area contributed by atoms with Crippen molar-refractivity contribution in [3.8, 4) is 5.75 Å². The van der Waals surface area contributed by atoms with Gasteiger partial charge in [0.15, 0.2) is 5.78 Å². The molecule has 0 saturated heterocycles. The molecule has 0 heterocycles. The molecular formula is C17H18O2S. The summed E-state index contributed by atoms with van der Waals surface area (Å²) in [6.07, 6.45) is 0. The molecule has 3 heteroatoms. The van der Waals surface area contributed by atoms with Gasteiger partial charge >= 0.3 is 0 Å². The summed E-state index contributed by atoms with van der Waals surface area (Å²) in [5, 5.41) is 0. The zero-order valence-electron chi connectivity index (χ0n) is 11.8. The highest BCUT2D eigenvalue weighted by Gasteiger charge is 2.06. The molecule has 0 radical (unpaired) electrons. The van der Waals surface area contributed by atoms with Gasteiger partial charge in [-0.1, -0.05) is 29.8 Å². The molecule has 0 aliphatic heterocycles. The summed E-state index contributed by atoms with van der Waals surface area (Å²) in [5.74, 6) is 2.29. The number of ether oxygens (including phenoxy) is 1. The third kappa shape index (κ3) is 4.14. The number of Topliss-reactive ketones (excluding diaryl/α,β-unsaturated/α-hetero) is 1. The molecule has 0 amide bonds. The van der Waals surface area contributed by atoms with E-state index in [1.165, 1.54) is 11.1 Å². The quantitative estimate of drug-likeness (QED) is 0.747. The highest BCUT2D eigenvalue weighted by atomic mass is 32.2. The van der Waals surface area contributed by atoms with Crippen molar-refractivity contribution in [2.45, 2.75) is 12.7 Å². The zero-order valence-corrected chi connectivity index (χ0v) is 12.6. The zero-order chi connectivity index (χ0) is 14.4. The molecule has 0 aliphatic carbocycles. The van der Waals surface area contributed by atoms with Crippen LogP contribution in [-0.4, -0.2) is 18.6 Å². The van der Waals surface area contributed by atoms with E-state index in [9.17, 15) is 4.79 Å². The molecule has 0 aliphatic rings. The summed E-state index contributed by atoms with van der Waals surface area (Å²) in [6.45, 7) is 2.07. The molecule has 0 bridgehead atoms. The summed E-state index contributed by atoms with van der Waals surface area (Å²) in [4.78, 5) is 12.0. The summed E-state index contributed by atoms with van der Waals surface area (Å²) in [6, 6.07) is 15.7. The normalized spacial score (nSPS) is 10.3. The van der Waals surface area contributed by atoms with Gasteiger partial charge in [-0.25, -0.2) is 0 Å². The smallest absolute Gasteiger partial charge is 0.172 e. The van der Waals surface area contributed by atoms with E-state index in [4.69, 9.17) is 4.74 Å². The fourth-order valence-corrected chi connectivity index (χ4v) is 2.69. The molecule has 0 N–H and O–H groups in total. The lowest BCUT2D eigenvalue weighted by Gasteiger charge is -2.04. The molecule has 2 aromatic carbocycles. The monoisotopic (exact) mass is 286 g/mol. The minimum atomic E-state index is 0.157. The Morgan fingerprint density at radius 1 is 1.05 bits per heavy atom. The molecule has 0 unspecified atom stereocenters. The van der Waals surface area contributed by atoms with Crippen LogP contribution in [0.15, 0.2) is 48.5 Å². The van der Waals surface area contributed by atoms with Crippen molar-refractivity contribution in [1.29, 1.82) is 0 Å². The van der Waals surface area contributed by atoms with Crippen LogP contribution in [0.25, 0.3) is 0 Å². The third-order valence-electron chi connectivity index (χ3n) is 3.03. The van der Waals surface area contributed by atoms with E-state index < -0.39 is 0 Å². The lowest BCUT2D eigenvalue weighted by Crippen LogP contribution is -2.02. The molecule has 2 aromatic rings. The molecule has 0 atom stereocenters. The standard InChI is InChI=1S/C17H18O2S/c1-13-3-5-14(6-4-13)11-20-12-17(18)15-7-9-16(19-2)10-8-15/h3-10H,11-12H2,1-2H3. The van der Waals surface area contributed by atoms with Gasteiger partial charge in [0.25, 0.3) is 0 Å². The first-order valence-electron chi connectivity index (χ1n) is 6.49. The van der Waals surface area contributed by atoms with Crippen LogP contribution in [0.1, 0.15) is 21.5 Å². The van der Waals surface area contributed by atoms with Crippen LogP contribution in [0.4, 0.5) is 0 Å². The van der Waals surface area contributed by atoms with E-state index in [1.807, 2.05) is 24.3 Å². The van der Waals surface area contributed by atoms with Gasteiger partial charge in [-0.15, -0.1) is 11.8 Å². The highest BCUT2D eigenvalue weighted by Crippen LogP contribution is 2.16. The van der Waals surface area contributed by atoms with E-state index >= 15 is 0 Å². The van der Waals surface area contributed by atoms with Crippen LogP contribution in [0, 0.1) is 6.92 Å². The summed E-state index contributed by atoms with van der Waals surface area (Å²) < 4.78 is 5.08. The fraction of sp³-hybridized carbons (Fsp3) is 0.235. The maximum Gasteiger partial charge on any atom is 0.172 e. The van der Waals surface area contributed by atoms with Crippen molar-refractivity contribution in [2.75, 3.05) is 12.9 Å². The van der Waals surface area contributed by atoms with Gasteiger partial charge in [-0.2, -0.15) is 0 Å². The summed E-state index contributed by atoms with van der Waals surface area (Å²) >= 11 is 1.64. The Morgan fingerprint density at radius 2 is 1.70 bits per heavy atom. The second-order valence-corrected chi connectivity index (χ2v) is 5.62. The minimum absolute atomic E-state index is 0.157. The number of rotatable bonds is 6. The molecule has 0 aromatic heterocycles. The van der Waals surface area contributed by atoms with Gasteiger partial charge in [0.1, 0.15) is 5.75 Å². The fourth-order valence-electron chi connectivity index (χ4n) is 1.81. The number of aryl methyl sites for hydroxylation is 1. The van der Waals surface area contributed by atoms with E-state index in [0.717, 1.165) is 17.1 Å². The Kier molecular flexibility index (Phi) is 5.24. The van der Waals surface area contributed by atoms with Crippen LogP contribution < -0.4 is 4.74 Å². The highest BCUT2D eigenvalue weighted by molar-refractivity contribution is 7.99. The van der Waals surface area contributed by atoms with Crippen LogP contribution >= 0.6 is 11.8 Å². The van der Waals surface area contributed by atoms with Gasteiger partial charge in [-0.3, -0.25) is 4.79 Å². The minimum Gasteiger partial charge on any atom is -0.497 e. The first-order chi connectivity index (χ1) is 9.69. The Hall–Kier alpha value is -1.74. The Morgan fingerprint density at radius 3 is 2.30 bits per heavy atom.